The van der Waals surface area contributed by atoms with Crippen LogP contribution in [0.5, 0.6) is 0 Å². The quantitative estimate of drug-likeness (QED) is 0.783. The highest BCUT2D eigenvalue weighted by molar-refractivity contribution is 5.17. The normalized spacial score (nSPS) is 13.1. The van der Waals surface area contributed by atoms with Crippen LogP contribution < -0.4 is 5.73 Å². The van der Waals surface area contributed by atoms with Crippen molar-refractivity contribution < 1.29 is 13.9 Å². The number of hydrogen-bond acceptors (Lipinski definition) is 3. The molecule has 1 rings (SSSR count). The first kappa shape index (κ1) is 13.0. The lowest BCUT2D eigenvalue weighted by atomic mass is 10.2. The zero-order valence-electron chi connectivity index (χ0n) is 9.16. The summed E-state index contributed by atoms with van der Waals surface area (Å²) in [7, 11) is 1.80. The van der Waals surface area contributed by atoms with Crippen LogP contribution >= 0.6 is 0 Å². The van der Waals surface area contributed by atoms with E-state index in [1.54, 1.807) is 7.05 Å². The van der Waals surface area contributed by atoms with E-state index in [1.807, 2.05) is 4.90 Å². The van der Waals surface area contributed by atoms with E-state index >= 15 is 0 Å². The van der Waals surface area contributed by atoms with E-state index in [0.29, 0.717) is 18.7 Å². The van der Waals surface area contributed by atoms with Crippen molar-refractivity contribution >= 4 is 0 Å². The number of rotatable bonds is 5. The molecule has 0 aromatic heterocycles. The van der Waals surface area contributed by atoms with Gasteiger partial charge in [0, 0.05) is 19.1 Å². The smallest absolute Gasteiger partial charge is 0.159 e. The summed E-state index contributed by atoms with van der Waals surface area (Å²) in [6.07, 6.45) is 0. The van der Waals surface area contributed by atoms with Crippen LogP contribution in [0, 0.1) is 11.6 Å². The van der Waals surface area contributed by atoms with Gasteiger partial charge in [-0.1, -0.05) is 6.07 Å². The zero-order chi connectivity index (χ0) is 12.1. The maximum absolute atomic E-state index is 12.9. The van der Waals surface area contributed by atoms with E-state index in [1.165, 1.54) is 6.07 Å². The van der Waals surface area contributed by atoms with Crippen LogP contribution in [0.4, 0.5) is 8.78 Å². The number of hydrogen-bond donors (Lipinski definition) is 2. The van der Waals surface area contributed by atoms with Crippen molar-refractivity contribution in [3.63, 3.8) is 0 Å². The Bertz CT molecular complexity index is 347. The SMILES string of the molecule is CN(Cc1ccc(F)c(F)c1)CC(N)CO. The molecule has 16 heavy (non-hydrogen) atoms. The Hall–Kier alpha value is -1.04. The van der Waals surface area contributed by atoms with E-state index in [9.17, 15) is 8.78 Å². The summed E-state index contributed by atoms with van der Waals surface area (Å²) in [5.74, 6) is -1.70. The Morgan fingerprint density at radius 3 is 2.62 bits per heavy atom. The fraction of sp³-hybridized carbons (Fsp3) is 0.455. The van der Waals surface area contributed by atoms with Crippen molar-refractivity contribution in [2.75, 3.05) is 20.2 Å². The fourth-order valence-corrected chi connectivity index (χ4v) is 1.47. The predicted molar refractivity (Wildman–Crippen MR) is 57.8 cm³/mol. The zero-order valence-corrected chi connectivity index (χ0v) is 9.16. The third kappa shape index (κ3) is 3.84. The number of nitrogens with two attached hydrogens (primary N) is 1. The third-order valence-electron chi connectivity index (χ3n) is 2.22. The number of benzene rings is 1. The molecule has 1 atom stereocenters. The van der Waals surface area contributed by atoms with Gasteiger partial charge in [-0.15, -0.1) is 0 Å². The summed E-state index contributed by atoms with van der Waals surface area (Å²) in [6.45, 7) is 0.864. The Labute approximate surface area is 93.5 Å². The largest absolute Gasteiger partial charge is 0.395 e. The molecule has 1 unspecified atom stereocenters. The molecule has 0 radical (unpaired) electrons. The molecule has 1 aromatic carbocycles. The highest BCUT2D eigenvalue weighted by Gasteiger charge is 2.08. The highest BCUT2D eigenvalue weighted by atomic mass is 19.2. The molecule has 0 aliphatic carbocycles. The Balaban J connectivity index is 2.56. The van der Waals surface area contributed by atoms with Crippen molar-refractivity contribution in [3.8, 4) is 0 Å². The van der Waals surface area contributed by atoms with Gasteiger partial charge in [0.2, 0.25) is 0 Å². The molecule has 0 bridgehead atoms. The lowest BCUT2D eigenvalue weighted by molar-refractivity contribution is 0.218. The summed E-state index contributed by atoms with van der Waals surface area (Å²) >= 11 is 0. The molecule has 3 N–H and O–H groups in total. The average molecular weight is 230 g/mol. The van der Waals surface area contributed by atoms with Crippen LogP contribution in [0.25, 0.3) is 0 Å². The van der Waals surface area contributed by atoms with E-state index in [2.05, 4.69) is 0 Å². The van der Waals surface area contributed by atoms with Gasteiger partial charge in [0.15, 0.2) is 11.6 Å². The van der Waals surface area contributed by atoms with Gasteiger partial charge in [-0.05, 0) is 24.7 Å². The summed E-state index contributed by atoms with van der Waals surface area (Å²) in [5, 5.41) is 8.77. The van der Waals surface area contributed by atoms with Crippen molar-refractivity contribution in [1.29, 1.82) is 0 Å². The van der Waals surface area contributed by atoms with Crippen LogP contribution in [0.3, 0.4) is 0 Å². The van der Waals surface area contributed by atoms with Crippen molar-refractivity contribution in [1.82, 2.24) is 4.90 Å². The van der Waals surface area contributed by atoms with Crippen molar-refractivity contribution in [2.24, 2.45) is 5.73 Å². The van der Waals surface area contributed by atoms with E-state index in [-0.39, 0.29) is 12.6 Å². The predicted octanol–water partition coefficient (Wildman–Crippen LogP) is 0.716. The third-order valence-corrected chi connectivity index (χ3v) is 2.22. The van der Waals surface area contributed by atoms with Crippen LogP contribution in [-0.2, 0) is 6.54 Å². The van der Waals surface area contributed by atoms with E-state index in [4.69, 9.17) is 10.8 Å². The molecule has 0 saturated carbocycles. The first-order chi connectivity index (χ1) is 7.52. The molecule has 0 amide bonds. The Kier molecular flexibility index (Phi) is 4.79. The topological polar surface area (TPSA) is 49.5 Å². The number of aliphatic hydroxyl groups excluding tert-OH is 1. The first-order valence-electron chi connectivity index (χ1n) is 5.02. The molecule has 90 valence electrons. The van der Waals surface area contributed by atoms with Gasteiger partial charge in [0.05, 0.1) is 6.61 Å². The summed E-state index contributed by atoms with van der Waals surface area (Å²) < 4.78 is 25.6. The number of nitrogens with zero attached hydrogens (tertiary/aromatic N) is 1. The summed E-state index contributed by atoms with van der Waals surface area (Å²) in [4.78, 5) is 1.84. The number of aliphatic hydroxyl groups is 1. The van der Waals surface area contributed by atoms with Crippen LogP contribution in [-0.4, -0.2) is 36.2 Å². The molecule has 0 heterocycles. The molecule has 1 aromatic rings. The van der Waals surface area contributed by atoms with E-state index < -0.39 is 11.6 Å². The fourth-order valence-electron chi connectivity index (χ4n) is 1.47. The van der Waals surface area contributed by atoms with Crippen LogP contribution in [0.2, 0.25) is 0 Å². The Morgan fingerprint density at radius 1 is 1.38 bits per heavy atom. The number of likely N-dealkylation sites (N-methyl/N-ethyl adjacent to an activating group) is 1. The second-order valence-electron chi connectivity index (χ2n) is 3.89. The summed E-state index contributed by atoms with van der Waals surface area (Å²) in [5.41, 5.74) is 6.23. The standard InChI is InChI=1S/C11H16F2N2O/c1-15(6-9(14)7-16)5-8-2-3-10(12)11(13)4-8/h2-4,9,16H,5-7,14H2,1H3. The second-order valence-corrected chi connectivity index (χ2v) is 3.89. The monoisotopic (exact) mass is 230 g/mol. The number of halogens is 2. The van der Waals surface area contributed by atoms with Crippen molar-refractivity contribution in [3.05, 3.63) is 35.4 Å². The summed E-state index contributed by atoms with van der Waals surface area (Å²) in [6, 6.07) is 3.47. The second kappa shape index (κ2) is 5.89. The van der Waals surface area contributed by atoms with Crippen molar-refractivity contribution in [2.45, 2.75) is 12.6 Å². The molecule has 0 saturated heterocycles. The van der Waals surface area contributed by atoms with Gasteiger partial charge in [0.25, 0.3) is 0 Å². The maximum atomic E-state index is 12.9. The van der Waals surface area contributed by atoms with Gasteiger partial charge in [-0.3, -0.25) is 0 Å². The average Bonchev–Trinajstić information content (AvgIpc) is 2.23. The molecule has 0 aliphatic rings. The minimum absolute atomic E-state index is 0.0951. The molecular formula is C11H16F2N2O. The molecular weight excluding hydrogens is 214 g/mol. The molecule has 0 fully saturated rings. The molecule has 0 aliphatic heterocycles. The van der Waals surface area contributed by atoms with Gasteiger partial charge < -0.3 is 15.7 Å². The van der Waals surface area contributed by atoms with Gasteiger partial charge >= 0.3 is 0 Å². The maximum Gasteiger partial charge on any atom is 0.159 e. The van der Waals surface area contributed by atoms with Crippen LogP contribution in [0.1, 0.15) is 5.56 Å². The minimum atomic E-state index is -0.850. The first-order valence-corrected chi connectivity index (χ1v) is 5.02. The lowest BCUT2D eigenvalue weighted by Crippen LogP contribution is -2.37. The minimum Gasteiger partial charge on any atom is -0.395 e. The van der Waals surface area contributed by atoms with Gasteiger partial charge in [-0.25, -0.2) is 8.78 Å². The molecule has 3 nitrogen and oxygen atoms in total. The lowest BCUT2D eigenvalue weighted by Gasteiger charge is -2.19. The van der Waals surface area contributed by atoms with Gasteiger partial charge in [0.1, 0.15) is 0 Å². The van der Waals surface area contributed by atoms with Gasteiger partial charge in [-0.2, -0.15) is 0 Å². The van der Waals surface area contributed by atoms with Crippen LogP contribution in [0.15, 0.2) is 18.2 Å². The highest BCUT2D eigenvalue weighted by Crippen LogP contribution is 2.10. The van der Waals surface area contributed by atoms with E-state index in [0.717, 1.165) is 12.1 Å². The molecule has 5 heteroatoms. The Morgan fingerprint density at radius 2 is 2.06 bits per heavy atom. The molecule has 0 spiro atoms.